The van der Waals surface area contributed by atoms with Crippen molar-refractivity contribution in [3.05, 3.63) is 35.4 Å². The Morgan fingerprint density at radius 1 is 0.931 bits per heavy atom. The summed E-state index contributed by atoms with van der Waals surface area (Å²) < 4.78 is 10.7. The standard InChI is InChI=1S/C18H22N2O6S3/c1-25-17(23)13(8-28-3)19-15(21)11-4-6-12(7-5-11)16(22)20-14(9-29-10-27)18(24)26-2/h4-7,10,13-14H,8-9H2,1-3H3,(H,19,21)(H,20,22). The van der Waals surface area contributed by atoms with Gasteiger partial charge in [-0.2, -0.15) is 11.8 Å². The largest absolute Gasteiger partial charge is 0.467 e. The van der Waals surface area contributed by atoms with Crippen molar-refractivity contribution in [2.24, 2.45) is 0 Å². The summed E-state index contributed by atoms with van der Waals surface area (Å²) >= 11 is 7.31. The molecular formula is C18H22N2O6S3. The second kappa shape index (κ2) is 13.2. The van der Waals surface area contributed by atoms with Crippen LogP contribution in [-0.4, -0.2) is 72.5 Å². The number of esters is 2. The number of hydrogen-bond acceptors (Lipinski definition) is 9. The predicted octanol–water partition coefficient (Wildman–Crippen LogP) is 1.28. The van der Waals surface area contributed by atoms with E-state index in [0.29, 0.717) is 5.75 Å². The Labute approximate surface area is 182 Å². The van der Waals surface area contributed by atoms with E-state index < -0.39 is 35.8 Å². The summed E-state index contributed by atoms with van der Waals surface area (Å²) in [5.74, 6) is -1.47. The molecular weight excluding hydrogens is 436 g/mol. The van der Waals surface area contributed by atoms with Crippen LogP contribution in [0.3, 0.4) is 0 Å². The van der Waals surface area contributed by atoms with Gasteiger partial charge in [0.1, 0.15) is 12.1 Å². The summed E-state index contributed by atoms with van der Waals surface area (Å²) in [5, 5.41) is 5.17. The average Bonchev–Trinajstić information content (AvgIpc) is 2.74. The highest BCUT2D eigenvalue weighted by molar-refractivity contribution is 8.20. The summed E-state index contributed by atoms with van der Waals surface area (Å²) in [6.45, 7) is 0. The molecule has 1 rings (SSSR count). The van der Waals surface area contributed by atoms with E-state index in [9.17, 15) is 19.2 Å². The van der Waals surface area contributed by atoms with Gasteiger partial charge in [-0.3, -0.25) is 9.59 Å². The quantitative estimate of drug-likeness (QED) is 0.374. The molecule has 158 valence electrons. The van der Waals surface area contributed by atoms with E-state index in [1.807, 2.05) is 6.26 Å². The Bertz CT molecular complexity index is 742. The average molecular weight is 459 g/mol. The zero-order valence-corrected chi connectivity index (χ0v) is 18.6. The molecule has 1 aromatic rings. The molecule has 0 saturated heterocycles. The van der Waals surface area contributed by atoms with Gasteiger partial charge in [0, 0.05) is 27.3 Å². The van der Waals surface area contributed by atoms with Gasteiger partial charge in [0.25, 0.3) is 11.8 Å². The molecule has 2 unspecified atom stereocenters. The molecule has 0 bridgehead atoms. The first-order valence-electron chi connectivity index (χ1n) is 8.29. The number of methoxy groups -OCH3 is 2. The van der Waals surface area contributed by atoms with Gasteiger partial charge in [-0.1, -0.05) is 12.2 Å². The summed E-state index contributed by atoms with van der Waals surface area (Å²) in [4.78, 5) is 48.2. The summed E-state index contributed by atoms with van der Waals surface area (Å²) in [5.41, 5.74) is 0.536. The number of carbonyl (C=O) groups excluding carboxylic acids is 4. The Hall–Kier alpha value is -2.11. The SMILES string of the molecule is COC(=O)C(CSC)NC(=O)c1ccc(C(=O)NC(CSC=S)C(=O)OC)cc1. The molecule has 0 heterocycles. The van der Waals surface area contributed by atoms with E-state index in [1.165, 1.54) is 66.7 Å². The van der Waals surface area contributed by atoms with Crippen LogP contribution >= 0.6 is 35.7 Å². The molecule has 0 spiro atoms. The van der Waals surface area contributed by atoms with Crippen molar-refractivity contribution < 1.29 is 28.7 Å². The molecule has 0 saturated carbocycles. The maximum absolute atomic E-state index is 12.4. The summed E-state index contributed by atoms with van der Waals surface area (Å²) in [6, 6.07) is 4.18. The normalized spacial score (nSPS) is 12.2. The topological polar surface area (TPSA) is 111 Å². The highest BCUT2D eigenvalue weighted by Gasteiger charge is 2.23. The molecule has 0 radical (unpaired) electrons. The second-order valence-electron chi connectivity index (χ2n) is 5.56. The number of thioether (sulfide) groups is 2. The van der Waals surface area contributed by atoms with Crippen LogP contribution in [0.4, 0.5) is 0 Å². The highest BCUT2D eigenvalue weighted by Crippen LogP contribution is 2.08. The molecule has 29 heavy (non-hydrogen) atoms. The lowest BCUT2D eigenvalue weighted by Crippen LogP contribution is -2.43. The Kier molecular flexibility index (Phi) is 11.3. The number of rotatable bonds is 11. The minimum atomic E-state index is -0.855. The molecule has 2 amide bonds. The lowest BCUT2D eigenvalue weighted by atomic mass is 10.1. The van der Waals surface area contributed by atoms with E-state index in [4.69, 9.17) is 12.2 Å². The van der Waals surface area contributed by atoms with Crippen LogP contribution in [0.2, 0.25) is 0 Å². The third kappa shape index (κ3) is 8.03. The summed E-state index contributed by atoms with van der Waals surface area (Å²) in [6.07, 6.45) is 1.81. The lowest BCUT2D eigenvalue weighted by Gasteiger charge is -2.16. The molecule has 0 aliphatic rings. The summed E-state index contributed by atoms with van der Waals surface area (Å²) in [7, 11) is 2.48. The zero-order chi connectivity index (χ0) is 21.8. The minimum absolute atomic E-state index is 0.243. The van der Waals surface area contributed by atoms with Gasteiger partial charge in [0.2, 0.25) is 0 Å². The zero-order valence-electron chi connectivity index (χ0n) is 16.1. The van der Waals surface area contributed by atoms with Crippen LogP contribution in [0, 0.1) is 0 Å². The Balaban J connectivity index is 2.81. The van der Waals surface area contributed by atoms with Gasteiger partial charge < -0.3 is 20.1 Å². The minimum Gasteiger partial charge on any atom is -0.467 e. The highest BCUT2D eigenvalue weighted by atomic mass is 32.2. The van der Waals surface area contributed by atoms with E-state index in [2.05, 4.69) is 20.1 Å². The fraction of sp³-hybridized carbons (Fsp3) is 0.389. The predicted molar refractivity (Wildman–Crippen MR) is 117 cm³/mol. The number of amides is 2. The van der Waals surface area contributed by atoms with Gasteiger partial charge in [-0.05, 0) is 30.5 Å². The second-order valence-corrected chi connectivity index (χ2v) is 7.91. The third-order valence-electron chi connectivity index (χ3n) is 3.66. The van der Waals surface area contributed by atoms with E-state index in [1.54, 1.807) is 0 Å². The maximum atomic E-state index is 12.4. The van der Waals surface area contributed by atoms with Gasteiger partial charge in [-0.15, -0.1) is 11.8 Å². The first kappa shape index (κ1) is 24.9. The van der Waals surface area contributed by atoms with Gasteiger partial charge in [-0.25, -0.2) is 9.59 Å². The van der Waals surface area contributed by atoms with Crippen LogP contribution in [0.25, 0.3) is 0 Å². The Morgan fingerprint density at radius 2 is 1.34 bits per heavy atom. The van der Waals surface area contributed by atoms with E-state index in [0.717, 1.165) is 0 Å². The maximum Gasteiger partial charge on any atom is 0.329 e. The molecule has 11 heteroatoms. The van der Waals surface area contributed by atoms with Crippen LogP contribution in [-0.2, 0) is 19.1 Å². The van der Waals surface area contributed by atoms with Crippen molar-refractivity contribution in [3.63, 3.8) is 0 Å². The van der Waals surface area contributed by atoms with Gasteiger partial charge in [0.05, 0.1) is 14.2 Å². The van der Waals surface area contributed by atoms with E-state index in [-0.39, 0.29) is 16.9 Å². The number of ether oxygens (including phenoxy) is 2. The molecule has 0 aromatic heterocycles. The van der Waals surface area contributed by atoms with Crippen molar-refractivity contribution in [1.29, 1.82) is 0 Å². The molecule has 0 aliphatic carbocycles. The number of benzene rings is 1. The molecule has 8 nitrogen and oxygen atoms in total. The third-order valence-corrected chi connectivity index (χ3v) is 5.39. The van der Waals surface area contributed by atoms with Crippen molar-refractivity contribution in [2.45, 2.75) is 12.1 Å². The first-order chi connectivity index (χ1) is 13.9. The number of thiocarbonyl (C=S) groups is 1. The number of hydrogen-bond donors (Lipinski definition) is 2. The number of nitrogens with one attached hydrogen (secondary N) is 2. The van der Waals surface area contributed by atoms with Crippen molar-refractivity contribution in [2.75, 3.05) is 32.0 Å². The van der Waals surface area contributed by atoms with Crippen LogP contribution in [0.15, 0.2) is 24.3 Å². The Morgan fingerprint density at radius 3 is 1.69 bits per heavy atom. The van der Waals surface area contributed by atoms with Crippen molar-refractivity contribution in [3.8, 4) is 0 Å². The van der Waals surface area contributed by atoms with Crippen molar-refractivity contribution in [1.82, 2.24) is 10.6 Å². The van der Waals surface area contributed by atoms with Crippen LogP contribution in [0.5, 0.6) is 0 Å². The molecule has 2 N–H and O–H groups in total. The van der Waals surface area contributed by atoms with Crippen molar-refractivity contribution >= 4 is 64.2 Å². The fourth-order valence-corrected chi connectivity index (χ4v) is 3.46. The fourth-order valence-electron chi connectivity index (χ4n) is 2.18. The molecule has 0 aliphatic heterocycles. The lowest BCUT2D eigenvalue weighted by molar-refractivity contribution is -0.143. The smallest absolute Gasteiger partial charge is 0.329 e. The van der Waals surface area contributed by atoms with E-state index >= 15 is 0 Å². The van der Waals surface area contributed by atoms with Gasteiger partial charge >= 0.3 is 11.9 Å². The van der Waals surface area contributed by atoms with Crippen LogP contribution in [0.1, 0.15) is 20.7 Å². The molecule has 1 aromatic carbocycles. The van der Waals surface area contributed by atoms with Crippen LogP contribution < -0.4 is 10.6 Å². The first-order valence-corrected chi connectivity index (χ1v) is 11.2. The monoisotopic (exact) mass is 458 g/mol. The number of carbonyl (C=O) groups is 4. The molecule has 2 atom stereocenters. The van der Waals surface area contributed by atoms with Gasteiger partial charge in [0.15, 0.2) is 0 Å². The molecule has 0 fully saturated rings.